The first-order valence-electron chi connectivity index (χ1n) is 2.35. The molecule has 0 rings (SSSR count). The van der Waals surface area contributed by atoms with Crippen LogP contribution in [-0.2, 0) is 4.74 Å². The maximum absolute atomic E-state index is 4.86. The quantitative estimate of drug-likeness (QED) is 0.237. The van der Waals surface area contributed by atoms with Crippen LogP contribution in [0.5, 0.6) is 0 Å². The van der Waals surface area contributed by atoms with Crippen LogP contribution in [0.25, 0.3) is 0 Å². The van der Waals surface area contributed by atoms with Crippen molar-refractivity contribution in [3.8, 4) is 0 Å². The van der Waals surface area contributed by atoms with E-state index in [-0.39, 0.29) is 18.9 Å². The summed E-state index contributed by atoms with van der Waals surface area (Å²) in [7, 11) is 0. The molecule has 0 aliphatic rings. The summed E-state index contributed by atoms with van der Waals surface area (Å²) in [5.74, 6) is 0. The van der Waals surface area contributed by atoms with E-state index in [1.165, 1.54) is 0 Å². The monoisotopic (exact) mass is 94.1 g/mol. The molecule has 0 unspecified atom stereocenters. The van der Waals surface area contributed by atoms with E-state index in [1.54, 1.807) is 6.61 Å². The summed E-state index contributed by atoms with van der Waals surface area (Å²) in [6, 6.07) is 0. The zero-order valence-corrected chi connectivity index (χ0v) is 5.40. The second-order valence-electron chi connectivity index (χ2n) is 1.03. The number of hydrogen-bond donors (Lipinski definition) is 0. The summed E-state index contributed by atoms with van der Waals surface area (Å²) < 4.78 is 4.86. The molecule has 0 saturated heterocycles. The van der Waals surface area contributed by atoms with E-state index in [9.17, 15) is 0 Å². The van der Waals surface area contributed by atoms with Crippen molar-refractivity contribution in [1.82, 2.24) is 0 Å². The van der Waals surface area contributed by atoms with E-state index in [1.807, 2.05) is 6.92 Å². The van der Waals surface area contributed by atoms with Gasteiger partial charge >= 0.3 is 18.9 Å². The Labute approximate surface area is 57.6 Å². The predicted octanol–water partition coefficient (Wildman–Crippen LogP) is -1.40. The molecule has 0 N–H and O–H groups in total. The summed E-state index contributed by atoms with van der Waals surface area (Å²) in [6.07, 6.45) is 1.01. The molecule has 0 spiro atoms. The van der Waals surface area contributed by atoms with E-state index in [2.05, 4.69) is 6.92 Å². The fourth-order valence-electron chi connectivity index (χ4n) is 0.236. The summed E-state index contributed by atoms with van der Waals surface area (Å²) in [6.45, 7) is 6.63. The number of ether oxygens (including phenoxy) is 1. The zero-order chi connectivity index (χ0) is 4.83. The largest absolute Gasteiger partial charge is 1.00 e. The molecule has 0 heterocycles. The van der Waals surface area contributed by atoms with Crippen molar-refractivity contribution in [1.29, 1.82) is 0 Å². The molecule has 0 bridgehead atoms. The van der Waals surface area contributed by atoms with Crippen LogP contribution in [0.4, 0.5) is 0 Å². The molecule has 0 aliphatic heterocycles. The van der Waals surface area contributed by atoms with Gasteiger partial charge in [0.05, 0.1) is 0 Å². The third-order valence-corrected chi connectivity index (χ3v) is 0.451. The van der Waals surface area contributed by atoms with E-state index in [0.29, 0.717) is 0 Å². The molecule has 0 fully saturated rings. The average molecular weight is 94.1 g/mol. The molecule has 7 heavy (non-hydrogen) atoms. The Morgan fingerprint density at radius 1 is 1.43 bits per heavy atom. The summed E-state index contributed by atoms with van der Waals surface area (Å²) >= 11 is 0. The van der Waals surface area contributed by atoms with E-state index >= 15 is 0 Å². The molecule has 0 saturated carbocycles. The van der Waals surface area contributed by atoms with Crippen LogP contribution < -0.4 is 18.9 Å². The molecule has 0 aliphatic carbocycles. The molecule has 38 valence electrons. The van der Waals surface area contributed by atoms with Gasteiger partial charge in [0.2, 0.25) is 0 Å². The second-order valence-corrected chi connectivity index (χ2v) is 1.03. The van der Waals surface area contributed by atoms with Crippen molar-refractivity contribution < 1.29 is 23.6 Å². The van der Waals surface area contributed by atoms with Gasteiger partial charge in [0, 0.05) is 6.61 Å². The molecule has 0 amide bonds. The van der Waals surface area contributed by atoms with Crippen LogP contribution in [0.1, 0.15) is 20.3 Å². The van der Waals surface area contributed by atoms with Gasteiger partial charge in [0.1, 0.15) is 0 Å². The van der Waals surface area contributed by atoms with Crippen LogP contribution >= 0.6 is 0 Å². The topological polar surface area (TPSA) is 9.23 Å². The summed E-state index contributed by atoms with van der Waals surface area (Å²) in [5, 5.41) is 0. The van der Waals surface area contributed by atoms with E-state index < -0.39 is 0 Å². The minimum Gasteiger partial charge on any atom is -0.552 e. The smallest absolute Gasteiger partial charge is 0.552 e. The first-order chi connectivity index (χ1) is 2.91. The number of rotatable bonds is 3. The standard InChI is InChI=1S/C5H11O.Li/c1-3-5-6-4-2;/h5H,3-4H2,1-2H3;/q-1;+1. The molecular weight excluding hydrogens is 83.0 g/mol. The Bertz CT molecular complexity index is 20.0. The van der Waals surface area contributed by atoms with Crippen molar-refractivity contribution >= 4 is 0 Å². The Morgan fingerprint density at radius 3 is 2.14 bits per heavy atom. The molecule has 0 aromatic rings. The third-order valence-electron chi connectivity index (χ3n) is 0.451. The van der Waals surface area contributed by atoms with Gasteiger partial charge in [-0.15, -0.1) is 0 Å². The molecule has 2 heteroatoms. The Hall–Kier alpha value is 0.557. The maximum atomic E-state index is 4.86. The van der Waals surface area contributed by atoms with Crippen molar-refractivity contribution in [2.75, 3.05) is 6.61 Å². The van der Waals surface area contributed by atoms with Crippen LogP contribution in [0, 0.1) is 6.61 Å². The SMILES string of the molecule is CC[CH-]OCC.[Li+]. The van der Waals surface area contributed by atoms with Crippen LogP contribution in [0.2, 0.25) is 0 Å². The first-order valence-corrected chi connectivity index (χ1v) is 2.35. The van der Waals surface area contributed by atoms with Gasteiger partial charge in [-0.3, -0.25) is 0 Å². The van der Waals surface area contributed by atoms with Crippen molar-refractivity contribution in [3.63, 3.8) is 0 Å². The number of hydrogen-bond acceptors (Lipinski definition) is 1. The molecule has 0 atom stereocenters. The van der Waals surface area contributed by atoms with E-state index in [4.69, 9.17) is 4.74 Å². The van der Waals surface area contributed by atoms with Gasteiger partial charge in [-0.1, -0.05) is 6.92 Å². The Kier molecular flexibility index (Phi) is 14.7. The fraction of sp³-hybridized carbons (Fsp3) is 0.800. The molecule has 1 nitrogen and oxygen atoms in total. The summed E-state index contributed by atoms with van der Waals surface area (Å²) in [4.78, 5) is 0. The predicted molar refractivity (Wildman–Crippen MR) is 26.2 cm³/mol. The molecule has 0 aromatic heterocycles. The van der Waals surface area contributed by atoms with Gasteiger partial charge in [0.25, 0.3) is 0 Å². The fourth-order valence-corrected chi connectivity index (χ4v) is 0.236. The normalized spacial score (nSPS) is 7.71. The molecule has 0 radical (unpaired) electrons. The Morgan fingerprint density at radius 2 is 2.00 bits per heavy atom. The zero-order valence-electron chi connectivity index (χ0n) is 5.40. The van der Waals surface area contributed by atoms with Crippen LogP contribution in [-0.4, -0.2) is 6.61 Å². The minimum atomic E-state index is 0. The van der Waals surface area contributed by atoms with Crippen LogP contribution in [0.15, 0.2) is 0 Å². The molecule has 0 aromatic carbocycles. The van der Waals surface area contributed by atoms with Crippen molar-refractivity contribution in [2.45, 2.75) is 20.3 Å². The van der Waals surface area contributed by atoms with Gasteiger partial charge in [-0.2, -0.15) is 6.42 Å². The molecular formula is C5H11LiO. The first kappa shape index (κ1) is 10.5. The van der Waals surface area contributed by atoms with Crippen molar-refractivity contribution in [3.05, 3.63) is 6.61 Å². The average Bonchev–Trinajstić information content (AvgIpc) is 1.61. The third kappa shape index (κ3) is 10.8. The maximum Gasteiger partial charge on any atom is 1.00 e. The minimum absolute atomic E-state index is 0. The second kappa shape index (κ2) is 9.75. The van der Waals surface area contributed by atoms with Gasteiger partial charge < -0.3 is 4.74 Å². The van der Waals surface area contributed by atoms with Gasteiger partial charge in [-0.25, -0.2) is 6.61 Å². The summed E-state index contributed by atoms with van der Waals surface area (Å²) in [5.41, 5.74) is 0. The Balaban J connectivity index is 0. The van der Waals surface area contributed by atoms with Gasteiger partial charge in [0.15, 0.2) is 0 Å². The van der Waals surface area contributed by atoms with Crippen LogP contribution in [0.3, 0.4) is 0 Å². The van der Waals surface area contributed by atoms with E-state index in [0.717, 1.165) is 13.0 Å². The van der Waals surface area contributed by atoms with Crippen molar-refractivity contribution in [2.24, 2.45) is 0 Å². The van der Waals surface area contributed by atoms with Gasteiger partial charge in [-0.05, 0) is 6.92 Å².